The van der Waals surface area contributed by atoms with E-state index in [1.54, 1.807) is 42.5 Å². The molecule has 30 heavy (non-hydrogen) atoms. The quantitative estimate of drug-likeness (QED) is 0.650. The van der Waals surface area contributed by atoms with Crippen LogP contribution in [0.4, 0.5) is 4.39 Å². The van der Waals surface area contributed by atoms with Crippen molar-refractivity contribution in [3.63, 3.8) is 0 Å². The van der Waals surface area contributed by atoms with E-state index in [2.05, 4.69) is 27.1 Å². The highest BCUT2D eigenvalue weighted by molar-refractivity contribution is 7.15. The normalized spacial score (nSPS) is 28.0. The van der Waals surface area contributed by atoms with Crippen LogP contribution in [-0.4, -0.2) is 56.3 Å². The molecule has 1 aromatic carbocycles. The first-order valence-electron chi connectivity index (χ1n) is 9.82. The lowest BCUT2D eigenvalue weighted by molar-refractivity contribution is 0.0865. The Bertz CT molecular complexity index is 1070. The van der Waals surface area contributed by atoms with Gasteiger partial charge in [0.25, 0.3) is 0 Å². The summed E-state index contributed by atoms with van der Waals surface area (Å²) in [7, 11) is 1.67. The number of aromatic hydroxyl groups is 1. The Balaban J connectivity index is 1.37. The van der Waals surface area contributed by atoms with E-state index in [4.69, 9.17) is 4.74 Å². The van der Waals surface area contributed by atoms with Gasteiger partial charge < -0.3 is 19.7 Å². The maximum atomic E-state index is 15.1. The third-order valence-corrected chi connectivity index (χ3v) is 7.14. The van der Waals surface area contributed by atoms with Gasteiger partial charge in [-0.3, -0.25) is 0 Å². The van der Waals surface area contributed by atoms with Gasteiger partial charge in [-0.15, -0.1) is 10.2 Å². The first-order valence-corrected chi connectivity index (χ1v) is 10.6. The highest BCUT2D eigenvalue weighted by Gasteiger charge is 2.48. The Morgan fingerprint density at radius 3 is 2.93 bits per heavy atom. The number of nitrogens with one attached hydrogen (secondary N) is 1. The van der Waals surface area contributed by atoms with Crippen LogP contribution in [-0.2, 0) is 4.74 Å². The molecule has 9 heteroatoms. The van der Waals surface area contributed by atoms with Crippen LogP contribution in [0.5, 0.6) is 5.75 Å². The molecule has 0 spiro atoms. The number of methoxy groups -OCH3 is 1. The number of hydrogen-bond donors (Lipinski definition) is 2. The Morgan fingerprint density at radius 1 is 1.33 bits per heavy atom. The number of fused-ring (bicyclic) bond motifs is 2. The minimum absolute atomic E-state index is 0.0296. The Morgan fingerprint density at radius 2 is 2.20 bits per heavy atom. The molecule has 2 fully saturated rings. The van der Waals surface area contributed by atoms with Crippen molar-refractivity contribution in [1.82, 2.24) is 25.1 Å². The molecule has 2 aliphatic heterocycles. The van der Waals surface area contributed by atoms with Crippen molar-refractivity contribution in [2.75, 3.05) is 7.11 Å². The van der Waals surface area contributed by atoms with Gasteiger partial charge in [-0.05, 0) is 30.5 Å². The Kier molecular flexibility index (Phi) is 4.88. The molecule has 2 bridgehead atoms. The molecule has 5 atom stereocenters. The summed E-state index contributed by atoms with van der Waals surface area (Å²) in [5.41, 5.74) is 2.03. The van der Waals surface area contributed by atoms with Crippen molar-refractivity contribution in [3.8, 4) is 22.0 Å². The number of ether oxygens (including phenoxy) is 1. The van der Waals surface area contributed by atoms with Crippen molar-refractivity contribution >= 4 is 16.9 Å². The van der Waals surface area contributed by atoms with E-state index < -0.39 is 6.17 Å². The number of imidazole rings is 1. The fourth-order valence-corrected chi connectivity index (χ4v) is 5.39. The van der Waals surface area contributed by atoms with Crippen molar-refractivity contribution < 1.29 is 14.2 Å². The second-order valence-corrected chi connectivity index (χ2v) is 8.76. The number of nitrogens with zero attached hydrogens (tertiary/aromatic N) is 4. The van der Waals surface area contributed by atoms with Crippen LogP contribution in [0.15, 0.2) is 43.5 Å². The van der Waals surface area contributed by atoms with Gasteiger partial charge in [-0.25, -0.2) is 9.37 Å². The number of phenols is 1. The SMILES string of the molecule is C=C(c1nnc(-c2ccc(-n3ccnc3)cc2O)s1)[C@@H]1CC2NC(C[C@H]2OC)[C@H]1F. The van der Waals surface area contributed by atoms with Crippen LogP contribution in [0, 0.1) is 5.92 Å². The summed E-state index contributed by atoms with van der Waals surface area (Å²) in [4.78, 5) is 4.02. The van der Waals surface area contributed by atoms with E-state index in [0.29, 0.717) is 34.0 Å². The lowest BCUT2D eigenvalue weighted by atomic mass is 9.85. The molecular weight excluding hydrogens is 405 g/mol. The Hall–Kier alpha value is -2.62. The third-order valence-electron chi connectivity index (χ3n) is 6.10. The molecule has 2 saturated heterocycles. The maximum Gasteiger partial charge on any atom is 0.151 e. The number of rotatable bonds is 5. The third kappa shape index (κ3) is 3.23. The van der Waals surface area contributed by atoms with E-state index in [1.807, 2.05) is 6.07 Å². The molecule has 2 N–H and O–H groups in total. The molecular formula is C21H22FN5O2S. The number of allylic oxidation sites excluding steroid dienone is 1. The predicted molar refractivity (Wildman–Crippen MR) is 112 cm³/mol. The summed E-state index contributed by atoms with van der Waals surface area (Å²) in [6.07, 6.45) is 5.42. The fourth-order valence-electron chi connectivity index (χ4n) is 4.48. The van der Waals surface area contributed by atoms with Gasteiger partial charge in [0.2, 0.25) is 0 Å². The second kappa shape index (κ2) is 7.57. The van der Waals surface area contributed by atoms with Crippen LogP contribution >= 0.6 is 11.3 Å². The first-order chi connectivity index (χ1) is 14.5. The average Bonchev–Trinajstić information content (AvgIpc) is 3.50. The van der Waals surface area contributed by atoms with Crippen LogP contribution < -0.4 is 5.32 Å². The van der Waals surface area contributed by atoms with Crippen molar-refractivity contribution in [2.45, 2.75) is 37.2 Å². The van der Waals surface area contributed by atoms with Gasteiger partial charge in [0.15, 0.2) is 5.01 Å². The fraction of sp³-hybridized carbons (Fsp3) is 0.381. The van der Waals surface area contributed by atoms with E-state index in [-0.39, 0.29) is 29.9 Å². The minimum atomic E-state index is -1.04. The predicted octanol–water partition coefficient (Wildman–Crippen LogP) is 3.21. The molecule has 2 aliphatic rings. The number of benzene rings is 1. The monoisotopic (exact) mass is 427 g/mol. The van der Waals surface area contributed by atoms with Gasteiger partial charge in [0.05, 0.1) is 23.7 Å². The molecule has 0 amide bonds. The lowest BCUT2D eigenvalue weighted by Crippen LogP contribution is -2.48. The zero-order valence-electron chi connectivity index (χ0n) is 16.4. The largest absolute Gasteiger partial charge is 0.507 e. The number of phenolic OH excluding ortho intramolecular Hbond substituents is 1. The van der Waals surface area contributed by atoms with E-state index in [9.17, 15) is 5.11 Å². The Labute approximate surface area is 177 Å². The van der Waals surface area contributed by atoms with E-state index in [1.165, 1.54) is 11.3 Å². The molecule has 4 heterocycles. The second-order valence-electron chi connectivity index (χ2n) is 7.79. The van der Waals surface area contributed by atoms with Crippen molar-refractivity contribution in [3.05, 3.63) is 48.5 Å². The zero-order chi connectivity index (χ0) is 20.8. The van der Waals surface area contributed by atoms with Crippen LogP contribution in [0.3, 0.4) is 0 Å². The van der Waals surface area contributed by atoms with E-state index >= 15 is 4.39 Å². The molecule has 3 aromatic rings. The lowest BCUT2D eigenvalue weighted by Gasteiger charge is -2.33. The molecule has 156 valence electrons. The summed E-state index contributed by atoms with van der Waals surface area (Å²) in [5.74, 6) is -0.222. The van der Waals surface area contributed by atoms with E-state index in [0.717, 1.165) is 5.69 Å². The van der Waals surface area contributed by atoms with Crippen LogP contribution in [0.1, 0.15) is 17.8 Å². The summed E-state index contributed by atoms with van der Waals surface area (Å²) in [5, 5.41) is 23.5. The highest BCUT2D eigenvalue weighted by atomic mass is 32.1. The topological polar surface area (TPSA) is 85.1 Å². The summed E-state index contributed by atoms with van der Waals surface area (Å²) in [6.45, 7) is 4.15. The first kappa shape index (κ1) is 19.3. The van der Waals surface area contributed by atoms with Crippen molar-refractivity contribution in [1.29, 1.82) is 0 Å². The van der Waals surface area contributed by atoms with Crippen LogP contribution in [0.2, 0.25) is 0 Å². The smallest absolute Gasteiger partial charge is 0.151 e. The van der Waals surface area contributed by atoms with Gasteiger partial charge in [-0.1, -0.05) is 17.9 Å². The standard InChI is InChI=1S/C21H22FN5O2S/c1-11(14-8-15-18(29-2)9-16(24-15)19(14)22)20-25-26-21(30-20)13-4-3-12(7-17(13)28)27-6-5-23-10-27/h3-7,10,14-16,18-19,24,28H,1,8-9H2,2H3/t14-,15?,16?,18+,19-/m0/s1. The minimum Gasteiger partial charge on any atom is -0.507 e. The zero-order valence-corrected chi connectivity index (χ0v) is 17.2. The molecule has 0 aliphatic carbocycles. The maximum absolute atomic E-state index is 15.1. The number of alkyl halides is 1. The summed E-state index contributed by atoms with van der Waals surface area (Å²) < 4.78 is 22.4. The van der Waals surface area contributed by atoms with Crippen molar-refractivity contribution in [2.24, 2.45) is 5.92 Å². The number of piperidine rings is 1. The number of hydrogen-bond acceptors (Lipinski definition) is 7. The summed E-state index contributed by atoms with van der Waals surface area (Å²) in [6, 6.07) is 5.23. The van der Waals surface area contributed by atoms with Gasteiger partial charge >= 0.3 is 0 Å². The molecule has 7 nitrogen and oxygen atoms in total. The average molecular weight is 428 g/mol. The molecule has 5 rings (SSSR count). The number of aromatic nitrogens is 4. The van der Waals surface area contributed by atoms with Gasteiger partial charge in [0.1, 0.15) is 16.9 Å². The van der Waals surface area contributed by atoms with Gasteiger partial charge in [0, 0.05) is 43.6 Å². The molecule has 0 saturated carbocycles. The number of halogens is 1. The molecule has 2 unspecified atom stereocenters. The molecule has 0 radical (unpaired) electrons. The van der Waals surface area contributed by atoms with Crippen LogP contribution in [0.25, 0.3) is 21.8 Å². The van der Waals surface area contributed by atoms with Gasteiger partial charge in [-0.2, -0.15) is 0 Å². The summed E-state index contributed by atoms with van der Waals surface area (Å²) >= 11 is 1.32. The highest BCUT2D eigenvalue weighted by Crippen LogP contribution is 2.42. The molecule has 2 aromatic heterocycles.